The molecule has 1 aromatic heterocycles. The van der Waals surface area contributed by atoms with Crippen LogP contribution in [0.5, 0.6) is 0 Å². The number of fused-ring (bicyclic) bond motifs is 1. The molecular formula is C21H39IN6. The van der Waals surface area contributed by atoms with E-state index in [1.54, 1.807) is 0 Å². The van der Waals surface area contributed by atoms with Gasteiger partial charge in [0.1, 0.15) is 11.6 Å². The summed E-state index contributed by atoms with van der Waals surface area (Å²) in [6.45, 7) is 9.76. The fourth-order valence-electron chi connectivity index (χ4n) is 3.54. The van der Waals surface area contributed by atoms with Crippen LogP contribution in [0.25, 0.3) is 0 Å². The minimum absolute atomic E-state index is 0. The lowest BCUT2D eigenvalue weighted by Gasteiger charge is -2.22. The largest absolute Gasteiger partial charge is 0.357 e. The number of halogens is 1. The number of aliphatic imine (C=N–C) groups is 1. The van der Waals surface area contributed by atoms with E-state index < -0.39 is 0 Å². The third-order valence-electron chi connectivity index (χ3n) is 5.10. The molecule has 6 nitrogen and oxygen atoms in total. The van der Waals surface area contributed by atoms with Gasteiger partial charge in [-0.25, -0.2) is 0 Å². The Labute approximate surface area is 188 Å². The molecule has 1 aromatic rings. The Morgan fingerprint density at radius 1 is 1.21 bits per heavy atom. The Hall–Kier alpha value is -1.12. The SMILES string of the molecule is C=CCCCCCN(C)C(=NCCCc1nnc2n1CCCCC2)NCC.I. The highest BCUT2D eigenvalue weighted by atomic mass is 127. The van der Waals surface area contributed by atoms with E-state index in [2.05, 4.69) is 45.5 Å². The maximum Gasteiger partial charge on any atom is 0.193 e. The van der Waals surface area contributed by atoms with E-state index in [-0.39, 0.29) is 24.0 Å². The Balaban J connectivity index is 0.00000392. The van der Waals surface area contributed by atoms with Crippen LogP contribution in [0.1, 0.15) is 69.9 Å². The molecule has 0 spiro atoms. The van der Waals surface area contributed by atoms with Crippen LogP contribution in [0.3, 0.4) is 0 Å². The van der Waals surface area contributed by atoms with E-state index in [0.717, 1.165) is 63.6 Å². The number of guanidine groups is 1. The van der Waals surface area contributed by atoms with E-state index in [9.17, 15) is 0 Å². The number of nitrogens with one attached hydrogen (secondary N) is 1. The summed E-state index contributed by atoms with van der Waals surface area (Å²) in [5.74, 6) is 3.33. The van der Waals surface area contributed by atoms with Crippen LogP contribution in [-0.4, -0.2) is 52.3 Å². The highest BCUT2D eigenvalue weighted by Crippen LogP contribution is 2.15. The van der Waals surface area contributed by atoms with Crippen LogP contribution in [-0.2, 0) is 19.4 Å². The van der Waals surface area contributed by atoms with Crippen molar-refractivity contribution in [3.63, 3.8) is 0 Å². The van der Waals surface area contributed by atoms with E-state index in [1.807, 2.05) is 6.08 Å². The average Bonchev–Trinajstić information content (AvgIpc) is 2.90. The van der Waals surface area contributed by atoms with Crippen molar-refractivity contribution in [1.82, 2.24) is 25.0 Å². The molecule has 0 aromatic carbocycles. The Morgan fingerprint density at radius 2 is 2.07 bits per heavy atom. The van der Waals surface area contributed by atoms with E-state index in [0.29, 0.717) is 0 Å². The first-order chi connectivity index (χ1) is 13.3. The molecule has 2 rings (SSSR count). The lowest BCUT2D eigenvalue weighted by Crippen LogP contribution is -2.39. The minimum Gasteiger partial charge on any atom is -0.357 e. The summed E-state index contributed by atoms with van der Waals surface area (Å²) in [6, 6.07) is 0. The van der Waals surface area contributed by atoms with Crippen LogP contribution < -0.4 is 5.32 Å². The monoisotopic (exact) mass is 502 g/mol. The molecule has 0 saturated carbocycles. The van der Waals surface area contributed by atoms with Crippen molar-refractivity contribution in [3.8, 4) is 0 Å². The van der Waals surface area contributed by atoms with Crippen molar-refractivity contribution in [2.75, 3.05) is 26.7 Å². The van der Waals surface area contributed by atoms with Crippen LogP contribution in [0, 0.1) is 0 Å². The molecule has 1 aliphatic rings. The third-order valence-corrected chi connectivity index (χ3v) is 5.10. The Morgan fingerprint density at radius 3 is 2.86 bits per heavy atom. The van der Waals surface area contributed by atoms with Crippen molar-refractivity contribution in [1.29, 1.82) is 0 Å². The second kappa shape index (κ2) is 14.8. The number of unbranched alkanes of at least 4 members (excludes halogenated alkanes) is 3. The average molecular weight is 502 g/mol. The second-order valence-corrected chi connectivity index (χ2v) is 7.39. The number of allylic oxidation sites excluding steroid dienone is 1. The van der Waals surface area contributed by atoms with E-state index in [1.165, 1.54) is 44.3 Å². The quantitative estimate of drug-likeness (QED) is 0.162. The van der Waals surface area contributed by atoms with Crippen LogP contribution >= 0.6 is 24.0 Å². The van der Waals surface area contributed by atoms with Gasteiger partial charge in [0.25, 0.3) is 0 Å². The molecule has 1 aliphatic heterocycles. The van der Waals surface area contributed by atoms with Gasteiger partial charge < -0.3 is 14.8 Å². The molecule has 160 valence electrons. The lowest BCUT2D eigenvalue weighted by atomic mass is 10.2. The zero-order valence-corrected chi connectivity index (χ0v) is 20.2. The minimum atomic E-state index is 0. The first kappa shape index (κ1) is 24.9. The molecular weight excluding hydrogens is 463 g/mol. The zero-order chi connectivity index (χ0) is 19.3. The highest BCUT2D eigenvalue weighted by Gasteiger charge is 2.14. The molecule has 0 aliphatic carbocycles. The number of rotatable bonds is 11. The van der Waals surface area contributed by atoms with Gasteiger partial charge in [-0.15, -0.1) is 40.8 Å². The van der Waals surface area contributed by atoms with Gasteiger partial charge in [0.15, 0.2) is 5.96 Å². The zero-order valence-electron chi connectivity index (χ0n) is 17.8. The molecule has 0 atom stereocenters. The van der Waals surface area contributed by atoms with Gasteiger partial charge in [-0.2, -0.15) is 0 Å². The molecule has 1 N–H and O–H groups in total. The van der Waals surface area contributed by atoms with Crippen molar-refractivity contribution in [2.24, 2.45) is 4.99 Å². The standard InChI is InChI=1S/C21H38N6.HI/c1-4-6-7-8-11-17-26(3)21(22-5-2)23-16-13-15-20-25-24-19-14-10-9-12-18-27(19)20;/h4H,1,5-18H2,2-3H3,(H,22,23);1H. The van der Waals surface area contributed by atoms with Gasteiger partial charge >= 0.3 is 0 Å². The van der Waals surface area contributed by atoms with Crippen LogP contribution in [0.4, 0.5) is 0 Å². The summed E-state index contributed by atoms with van der Waals surface area (Å²) in [5.41, 5.74) is 0. The molecule has 0 saturated heterocycles. The fourth-order valence-corrected chi connectivity index (χ4v) is 3.54. The molecule has 0 radical (unpaired) electrons. The molecule has 7 heteroatoms. The Kier molecular flexibility index (Phi) is 13.2. The van der Waals surface area contributed by atoms with Crippen molar-refractivity contribution in [2.45, 2.75) is 77.7 Å². The molecule has 0 bridgehead atoms. The number of aryl methyl sites for hydroxylation is 2. The van der Waals surface area contributed by atoms with Gasteiger partial charge in [0.2, 0.25) is 0 Å². The summed E-state index contributed by atoms with van der Waals surface area (Å²) in [4.78, 5) is 7.07. The lowest BCUT2D eigenvalue weighted by molar-refractivity contribution is 0.455. The maximum atomic E-state index is 4.82. The van der Waals surface area contributed by atoms with E-state index in [4.69, 9.17) is 4.99 Å². The van der Waals surface area contributed by atoms with Crippen molar-refractivity contribution < 1.29 is 0 Å². The molecule has 2 heterocycles. The topological polar surface area (TPSA) is 58.3 Å². The first-order valence-corrected chi connectivity index (χ1v) is 10.8. The number of nitrogens with zero attached hydrogens (tertiary/aromatic N) is 5. The molecule has 28 heavy (non-hydrogen) atoms. The first-order valence-electron chi connectivity index (χ1n) is 10.8. The number of aromatic nitrogens is 3. The van der Waals surface area contributed by atoms with Crippen molar-refractivity contribution in [3.05, 3.63) is 24.3 Å². The van der Waals surface area contributed by atoms with E-state index >= 15 is 0 Å². The highest BCUT2D eigenvalue weighted by molar-refractivity contribution is 14.0. The van der Waals surface area contributed by atoms with Crippen LogP contribution in [0.15, 0.2) is 17.6 Å². The normalized spacial score (nSPS) is 14.0. The summed E-state index contributed by atoms with van der Waals surface area (Å²) in [5, 5.41) is 12.2. The number of hydrogen-bond donors (Lipinski definition) is 1. The maximum absolute atomic E-state index is 4.82. The van der Waals surface area contributed by atoms with Gasteiger partial charge in [-0.05, 0) is 45.4 Å². The summed E-state index contributed by atoms with van der Waals surface area (Å²) in [7, 11) is 2.13. The van der Waals surface area contributed by atoms with Gasteiger partial charge in [0, 0.05) is 46.1 Å². The molecule has 0 unspecified atom stereocenters. The molecule has 0 fully saturated rings. The second-order valence-electron chi connectivity index (χ2n) is 7.39. The van der Waals surface area contributed by atoms with Gasteiger partial charge in [-0.3, -0.25) is 4.99 Å². The van der Waals surface area contributed by atoms with Gasteiger partial charge in [0.05, 0.1) is 0 Å². The van der Waals surface area contributed by atoms with Crippen LogP contribution in [0.2, 0.25) is 0 Å². The fraction of sp³-hybridized carbons (Fsp3) is 0.762. The molecule has 0 amide bonds. The Bertz CT molecular complexity index is 583. The third kappa shape index (κ3) is 8.49. The summed E-state index contributed by atoms with van der Waals surface area (Å²) >= 11 is 0. The predicted molar refractivity (Wildman–Crippen MR) is 129 cm³/mol. The predicted octanol–water partition coefficient (Wildman–Crippen LogP) is 4.20. The summed E-state index contributed by atoms with van der Waals surface area (Å²) in [6.07, 6.45) is 13.6. The summed E-state index contributed by atoms with van der Waals surface area (Å²) < 4.78 is 2.34. The van der Waals surface area contributed by atoms with Gasteiger partial charge in [-0.1, -0.05) is 18.9 Å². The van der Waals surface area contributed by atoms with Crippen molar-refractivity contribution >= 4 is 29.9 Å². The smallest absolute Gasteiger partial charge is 0.193 e. The number of hydrogen-bond acceptors (Lipinski definition) is 3.